The van der Waals surface area contributed by atoms with E-state index in [4.69, 9.17) is 0 Å². The second kappa shape index (κ2) is 5.05. The van der Waals surface area contributed by atoms with Crippen LogP contribution in [-0.4, -0.2) is 20.7 Å². The Balaban J connectivity index is 1.61. The van der Waals surface area contributed by atoms with E-state index >= 15 is 0 Å². The second-order valence-corrected chi connectivity index (χ2v) is 6.38. The number of aromatic nitrogens is 3. The van der Waals surface area contributed by atoms with Crippen molar-refractivity contribution in [1.82, 2.24) is 20.1 Å². The van der Waals surface area contributed by atoms with Crippen LogP contribution in [0.1, 0.15) is 39.9 Å². The number of nitrogens with zero attached hydrogens (tertiary/aromatic N) is 3. The summed E-state index contributed by atoms with van der Waals surface area (Å²) in [6.45, 7) is 0.449. The molecule has 5 nitrogen and oxygen atoms in total. The standard InChI is InChI=1S/C12H13BrN4OS/c1-17-5-9(13)10(16-17)11(18)14-4-8-6-19-12(15-8)7-2-3-7/h5-7H,2-4H2,1H3,(H,14,18). The Kier molecular flexibility index (Phi) is 3.40. The maximum absolute atomic E-state index is 12.0. The molecule has 3 rings (SSSR count). The monoisotopic (exact) mass is 340 g/mol. The van der Waals surface area contributed by atoms with Gasteiger partial charge in [0.05, 0.1) is 21.7 Å². The molecule has 1 aliphatic rings. The van der Waals surface area contributed by atoms with Gasteiger partial charge in [-0.1, -0.05) is 0 Å². The second-order valence-electron chi connectivity index (χ2n) is 4.63. The van der Waals surface area contributed by atoms with Crippen LogP contribution in [0.2, 0.25) is 0 Å². The minimum atomic E-state index is -0.187. The molecular weight excluding hydrogens is 328 g/mol. The van der Waals surface area contributed by atoms with Gasteiger partial charge in [0.15, 0.2) is 5.69 Å². The molecule has 0 atom stereocenters. The Bertz CT molecular complexity index is 617. The van der Waals surface area contributed by atoms with Crippen molar-refractivity contribution in [3.05, 3.63) is 32.4 Å². The zero-order valence-corrected chi connectivity index (χ0v) is 12.8. The Hall–Kier alpha value is -1.21. The summed E-state index contributed by atoms with van der Waals surface area (Å²) in [4.78, 5) is 16.5. The first kappa shape index (κ1) is 12.8. The van der Waals surface area contributed by atoms with Crippen LogP contribution in [0.25, 0.3) is 0 Å². The molecule has 1 saturated carbocycles. The Morgan fingerprint density at radius 1 is 1.63 bits per heavy atom. The van der Waals surface area contributed by atoms with Crippen LogP contribution >= 0.6 is 27.3 Å². The minimum absolute atomic E-state index is 0.187. The van der Waals surface area contributed by atoms with Crippen LogP contribution in [0.5, 0.6) is 0 Å². The van der Waals surface area contributed by atoms with Crippen molar-refractivity contribution in [2.75, 3.05) is 0 Å². The van der Waals surface area contributed by atoms with Gasteiger partial charge >= 0.3 is 0 Å². The van der Waals surface area contributed by atoms with E-state index in [1.807, 2.05) is 5.38 Å². The summed E-state index contributed by atoms with van der Waals surface area (Å²) in [5, 5.41) is 10.2. The molecule has 1 N–H and O–H groups in total. The maximum Gasteiger partial charge on any atom is 0.273 e. The van der Waals surface area contributed by atoms with Crippen molar-refractivity contribution in [2.24, 2.45) is 7.05 Å². The van der Waals surface area contributed by atoms with E-state index in [1.54, 1.807) is 29.3 Å². The quantitative estimate of drug-likeness (QED) is 0.929. The normalized spacial score (nSPS) is 14.6. The number of aryl methyl sites for hydroxylation is 1. The van der Waals surface area contributed by atoms with Crippen LogP contribution in [0.4, 0.5) is 0 Å². The number of hydrogen-bond donors (Lipinski definition) is 1. The van der Waals surface area contributed by atoms with E-state index in [-0.39, 0.29) is 5.91 Å². The number of nitrogens with one attached hydrogen (secondary N) is 1. The smallest absolute Gasteiger partial charge is 0.273 e. The minimum Gasteiger partial charge on any atom is -0.345 e. The van der Waals surface area contributed by atoms with Crippen molar-refractivity contribution < 1.29 is 4.79 Å². The first-order valence-electron chi connectivity index (χ1n) is 6.05. The van der Waals surface area contributed by atoms with Crippen LogP contribution < -0.4 is 5.32 Å². The van der Waals surface area contributed by atoms with Crippen molar-refractivity contribution in [3.8, 4) is 0 Å². The fourth-order valence-corrected chi connectivity index (χ4v) is 3.34. The number of carbonyl (C=O) groups is 1. The van der Waals surface area contributed by atoms with Crippen molar-refractivity contribution in [1.29, 1.82) is 0 Å². The average molecular weight is 341 g/mol. The molecule has 1 amide bonds. The molecule has 0 saturated heterocycles. The van der Waals surface area contributed by atoms with E-state index in [9.17, 15) is 4.79 Å². The highest BCUT2D eigenvalue weighted by Crippen LogP contribution is 2.41. The molecular formula is C12H13BrN4OS. The molecule has 0 spiro atoms. The van der Waals surface area contributed by atoms with Crippen molar-refractivity contribution in [2.45, 2.75) is 25.3 Å². The van der Waals surface area contributed by atoms with Gasteiger partial charge in [0, 0.05) is 24.5 Å². The molecule has 0 radical (unpaired) electrons. The molecule has 100 valence electrons. The van der Waals surface area contributed by atoms with Gasteiger partial charge in [0.2, 0.25) is 0 Å². The topological polar surface area (TPSA) is 59.8 Å². The molecule has 2 aromatic heterocycles. The van der Waals surface area contributed by atoms with Crippen LogP contribution in [0.15, 0.2) is 16.0 Å². The zero-order chi connectivity index (χ0) is 13.4. The number of carbonyl (C=O) groups excluding carboxylic acids is 1. The van der Waals surface area contributed by atoms with E-state index < -0.39 is 0 Å². The summed E-state index contributed by atoms with van der Waals surface area (Å²) < 4.78 is 2.30. The van der Waals surface area contributed by atoms with Gasteiger partial charge in [0.25, 0.3) is 5.91 Å². The van der Waals surface area contributed by atoms with Crippen LogP contribution in [0.3, 0.4) is 0 Å². The van der Waals surface area contributed by atoms with Crippen LogP contribution in [0, 0.1) is 0 Å². The lowest BCUT2D eigenvalue weighted by Crippen LogP contribution is -2.24. The molecule has 2 heterocycles. The molecule has 2 aromatic rings. The summed E-state index contributed by atoms with van der Waals surface area (Å²) in [6.07, 6.45) is 4.25. The van der Waals surface area contributed by atoms with Gasteiger partial charge in [0.1, 0.15) is 0 Å². The molecule has 1 fully saturated rings. The van der Waals surface area contributed by atoms with Crippen molar-refractivity contribution in [3.63, 3.8) is 0 Å². The Morgan fingerprint density at radius 3 is 3.05 bits per heavy atom. The van der Waals surface area contributed by atoms with Gasteiger partial charge in [-0.25, -0.2) is 4.98 Å². The molecule has 0 aromatic carbocycles. The third kappa shape index (κ3) is 2.87. The molecule has 0 unspecified atom stereocenters. The number of halogens is 1. The Labute approximate surface area is 123 Å². The maximum atomic E-state index is 12.0. The van der Waals surface area contributed by atoms with E-state index in [1.165, 1.54) is 17.8 Å². The number of thiazole rings is 1. The highest BCUT2D eigenvalue weighted by Gasteiger charge is 2.26. The SMILES string of the molecule is Cn1cc(Br)c(C(=O)NCc2csc(C3CC3)n2)n1. The molecule has 7 heteroatoms. The first-order valence-corrected chi connectivity index (χ1v) is 7.72. The summed E-state index contributed by atoms with van der Waals surface area (Å²) in [7, 11) is 1.78. The van der Waals surface area contributed by atoms with Gasteiger partial charge < -0.3 is 5.32 Å². The van der Waals surface area contributed by atoms with E-state index in [0.29, 0.717) is 22.6 Å². The third-order valence-corrected chi connectivity index (χ3v) is 4.56. The summed E-state index contributed by atoms with van der Waals surface area (Å²) in [5.74, 6) is 0.479. The van der Waals surface area contributed by atoms with E-state index in [0.717, 1.165) is 5.69 Å². The number of hydrogen-bond acceptors (Lipinski definition) is 4. The first-order chi connectivity index (χ1) is 9.13. The van der Waals surface area contributed by atoms with Gasteiger partial charge in [-0.2, -0.15) is 5.10 Å². The number of rotatable bonds is 4. The van der Waals surface area contributed by atoms with Crippen LogP contribution in [-0.2, 0) is 13.6 Å². The van der Waals surface area contributed by atoms with Gasteiger partial charge in [-0.15, -0.1) is 11.3 Å². The lowest BCUT2D eigenvalue weighted by Gasteiger charge is -2.00. The lowest BCUT2D eigenvalue weighted by molar-refractivity contribution is 0.0944. The van der Waals surface area contributed by atoms with Gasteiger partial charge in [-0.3, -0.25) is 9.48 Å². The predicted octanol–water partition coefficient (Wildman–Crippen LogP) is 2.45. The third-order valence-electron chi connectivity index (χ3n) is 2.93. The molecule has 0 bridgehead atoms. The highest BCUT2D eigenvalue weighted by atomic mass is 79.9. The number of amides is 1. The summed E-state index contributed by atoms with van der Waals surface area (Å²) in [5.41, 5.74) is 1.33. The fraction of sp³-hybridized carbons (Fsp3) is 0.417. The molecule has 19 heavy (non-hydrogen) atoms. The lowest BCUT2D eigenvalue weighted by atomic mass is 10.4. The summed E-state index contributed by atoms with van der Waals surface area (Å²) >= 11 is 5.00. The van der Waals surface area contributed by atoms with Gasteiger partial charge in [-0.05, 0) is 28.8 Å². The fourth-order valence-electron chi connectivity index (χ4n) is 1.79. The molecule has 1 aliphatic carbocycles. The summed E-state index contributed by atoms with van der Waals surface area (Å²) in [6, 6.07) is 0. The highest BCUT2D eigenvalue weighted by molar-refractivity contribution is 9.10. The Morgan fingerprint density at radius 2 is 2.42 bits per heavy atom. The zero-order valence-electron chi connectivity index (χ0n) is 10.4. The average Bonchev–Trinajstić information content (AvgIpc) is 3.02. The van der Waals surface area contributed by atoms with Crippen molar-refractivity contribution >= 4 is 33.2 Å². The molecule has 0 aliphatic heterocycles. The van der Waals surface area contributed by atoms with E-state index in [2.05, 4.69) is 31.3 Å². The largest absolute Gasteiger partial charge is 0.345 e. The predicted molar refractivity (Wildman–Crippen MR) is 76.2 cm³/mol.